The van der Waals surface area contributed by atoms with Crippen molar-refractivity contribution in [2.45, 2.75) is 50.5 Å². The van der Waals surface area contributed by atoms with Crippen LogP contribution in [-0.4, -0.2) is 52.5 Å². The van der Waals surface area contributed by atoms with Crippen molar-refractivity contribution in [2.75, 3.05) is 20.1 Å². The van der Waals surface area contributed by atoms with Crippen LogP contribution in [0.1, 0.15) is 59.8 Å². The first-order valence-corrected chi connectivity index (χ1v) is 8.62. The van der Waals surface area contributed by atoms with Crippen LogP contribution in [0.5, 0.6) is 0 Å². The Morgan fingerprint density at radius 3 is 2.83 bits per heavy atom. The van der Waals surface area contributed by atoms with Crippen LogP contribution in [0.15, 0.2) is 12.1 Å². The van der Waals surface area contributed by atoms with E-state index in [0.717, 1.165) is 24.2 Å². The van der Waals surface area contributed by atoms with E-state index in [1.807, 2.05) is 19.1 Å². The lowest BCUT2D eigenvalue weighted by molar-refractivity contribution is -0.127. The number of piperidine rings is 1. The molecule has 1 unspecified atom stereocenters. The third-order valence-electron chi connectivity index (χ3n) is 4.87. The highest BCUT2D eigenvalue weighted by molar-refractivity contribution is 5.95. The number of carbonyl (C=O) groups is 2. The maximum absolute atomic E-state index is 13.0. The third-order valence-corrected chi connectivity index (χ3v) is 4.87. The van der Waals surface area contributed by atoms with Gasteiger partial charge in [-0.2, -0.15) is 0 Å². The van der Waals surface area contributed by atoms with E-state index in [-0.39, 0.29) is 24.8 Å². The fourth-order valence-corrected chi connectivity index (χ4v) is 3.41. The quantitative estimate of drug-likeness (QED) is 0.873. The fourth-order valence-electron chi connectivity index (χ4n) is 3.41. The van der Waals surface area contributed by atoms with Crippen molar-refractivity contribution in [1.29, 1.82) is 0 Å². The molecular weight excluding hydrogens is 306 g/mol. The summed E-state index contributed by atoms with van der Waals surface area (Å²) >= 11 is 0. The Labute approximate surface area is 142 Å². The summed E-state index contributed by atoms with van der Waals surface area (Å²) in [5.74, 6) is 0.0975. The SMILES string of the molecule is CNC(=O)CC1(O)CCCN(C(=O)c2ccc(C)nc2C2CC2)C1. The van der Waals surface area contributed by atoms with Gasteiger partial charge in [0.1, 0.15) is 0 Å². The Morgan fingerprint density at radius 2 is 2.17 bits per heavy atom. The van der Waals surface area contributed by atoms with Gasteiger partial charge in [-0.1, -0.05) is 0 Å². The van der Waals surface area contributed by atoms with Gasteiger partial charge in [0.25, 0.3) is 5.91 Å². The number of hydrogen-bond acceptors (Lipinski definition) is 4. The maximum atomic E-state index is 13.0. The molecule has 2 aliphatic rings. The van der Waals surface area contributed by atoms with Crippen LogP contribution in [0.4, 0.5) is 0 Å². The smallest absolute Gasteiger partial charge is 0.255 e. The van der Waals surface area contributed by atoms with Gasteiger partial charge in [-0.3, -0.25) is 14.6 Å². The second-order valence-corrected chi connectivity index (χ2v) is 7.06. The Hall–Kier alpha value is -1.95. The normalized spacial score (nSPS) is 23.9. The predicted octanol–water partition coefficient (Wildman–Crippen LogP) is 1.37. The minimum absolute atomic E-state index is 0.0227. The first-order chi connectivity index (χ1) is 11.4. The summed E-state index contributed by atoms with van der Waals surface area (Å²) in [5, 5.41) is 13.2. The van der Waals surface area contributed by atoms with Crippen LogP contribution >= 0.6 is 0 Å². The average molecular weight is 331 g/mol. The number of aromatic nitrogens is 1. The average Bonchev–Trinajstić information content (AvgIpc) is 3.38. The van der Waals surface area contributed by atoms with Crippen LogP contribution in [0.3, 0.4) is 0 Å². The van der Waals surface area contributed by atoms with E-state index < -0.39 is 5.60 Å². The topological polar surface area (TPSA) is 82.5 Å². The van der Waals surface area contributed by atoms with E-state index in [2.05, 4.69) is 10.3 Å². The predicted molar refractivity (Wildman–Crippen MR) is 89.7 cm³/mol. The van der Waals surface area contributed by atoms with Crippen LogP contribution < -0.4 is 5.32 Å². The largest absolute Gasteiger partial charge is 0.388 e. The summed E-state index contributed by atoms with van der Waals surface area (Å²) in [4.78, 5) is 30.9. The second kappa shape index (κ2) is 6.51. The van der Waals surface area contributed by atoms with Gasteiger partial charge in [0, 0.05) is 25.2 Å². The minimum Gasteiger partial charge on any atom is -0.388 e. The van der Waals surface area contributed by atoms with Crippen molar-refractivity contribution >= 4 is 11.8 Å². The van der Waals surface area contributed by atoms with Crippen molar-refractivity contribution in [1.82, 2.24) is 15.2 Å². The number of nitrogens with one attached hydrogen (secondary N) is 1. The number of pyridine rings is 1. The van der Waals surface area contributed by atoms with Crippen molar-refractivity contribution in [3.8, 4) is 0 Å². The number of amides is 2. The standard InChI is InChI=1S/C18H25N3O3/c1-12-4-7-14(16(20-12)13-5-6-13)17(23)21-9-3-8-18(24,11-21)10-15(22)19-2/h4,7,13,24H,3,5-6,8-11H2,1-2H3,(H,19,22). The van der Waals surface area contributed by atoms with Gasteiger partial charge in [0.2, 0.25) is 5.91 Å². The lowest BCUT2D eigenvalue weighted by Gasteiger charge is -2.39. The number of carbonyl (C=O) groups excluding carboxylic acids is 2. The Kier molecular flexibility index (Phi) is 4.58. The molecule has 3 rings (SSSR count). The summed E-state index contributed by atoms with van der Waals surface area (Å²) < 4.78 is 0. The highest BCUT2D eigenvalue weighted by Crippen LogP contribution is 2.41. The number of aliphatic hydroxyl groups is 1. The van der Waals surface area contributed by atoms with E-state index in [1.165, 1.54) is 0 Å². The molecule has 0 spiro atoms. The zero-order valence-electron chi connectivity index (χ0n) is 14.3. The zero-order chi connectivity index (χ0) is 17.3. The molecule has 0 radical (unpaired) electrons. The number of β-amino-alcohol motifs (C(OH)–C–C–N with tert-alkyl or cyclic N) is 1. The van der Waals surface area contributed by atoms with Crippen LogP contribution in [-0.2, 0) is 4.79 Å². The van der Waals surface area contributed by atoms with E-state index in [1.54, 1.807) is 11.9 Å². The molecule has 1 saturated heterocycles. The molecule has 2 amide bonds. The zero-order valence-corrected chi connectivity index (χ0v) is 14.3. The Balaban J connectivity index is 1.79. The first-order valence-electron chi connectivity index (χ1n) is 8.62. The molecule has 1 aliphatic heterocycles. The van der Waals surface area contributed by atoms with Gasteiger partial charge >= 0.3 is 0 Å². The molecule has 2 heterocycles. The monoisotopic (exact) mass is 331 g/mol. The summed E-state index contributed by atoms with van der Waals surface area (Å²) in [6.07, 6.45) is 3.41. The van der Waals surface area contributed by atoms with Crippen molar-refractivity contribution in [3.05, 3.63) is 29.1 Å². The molecule has 6 nitrogen and oxygen atoms in total. The summed E-state index contributed by atoms with van der Waals surface area (Å²) in [7, 11) is 1.55. The van der Waals surface area contributed by atoms with Crippen LogP contribution in [0.25, 0.3) is 0 Å². The number of hydrogen-bond donors (Lipinski definition) is 2. The molecule has 1 saturated carbocycles. The number of rotatable bonds is 4. The molecule has 130 valence electrons. The molecular formula is C18H25N3O3. The molecule has 24 heavy (non-hydrogen) atoms. The van der Waals surface area contributed by atoms with Crippen molar-refractivity contribution in [3.63, 3.8) is 0 Å². The van der Waals surface area contributed by atoms with Crippen LogP contribution in [0, 0.1) is 6.92 Å². The molecule has 1 aromatic rings. The number of nitrogens with zero attached hydrogens (tertiary/aromatic N) is 2. The van der Waals surface area contributed by atoms with Crippen LogP contribution in [0.2, 0.25) is 0 Å². The lowest BCUT2D eigenvalue weighted by atomic mass is 9.88. The first kappa shape index (κ1) is 16.9. The Bertz CT molecular complexity index is 657. The molecule has 1 aromatic heterocycles. The van der Waals surface area contributed by atoms with Gasteiger partial charge in [0.05, 0.1) is 29.8 Å². The van der Waals surface area contributed by atoms with Crippen molar-refractivity contribution < 1.29 is 14.7 Å². The molecule has 1 aliphatic carbocycles. The Morgan fingerprint density at radius 1 is 1.42 bits per heavy atom. The highest BCUT2D eigenvalue weighted by atomic mass is 16.3. The second-order valence-electron chi connectivity index (χ2n) is 7.06. The summed E-state index contributed by atoms with van der Waals surface area (Å²) in [5.41, 5.74) is 1.31. The number of aryl methyl sites for hydroxylation is 1. The van der Waals surface area contributed by atoms with E-state index in [9.17, 15) is 14.7 Å². The summed E-state index contributed by atoms with van der Waals surface area (Å²) in [6, 6.07) is 3.71. The van der Waals surface area contributed by atoms with Gasteiger partial charge in [-0.25, -0.2) is 0 Å². The molecule has 6 heteroatoms. The lowest BCUT2D eigenvalue weighted by Crippen LogP contribution is -2.52. The van der Waals surface area contributed by atoms with E-state index >= 15 is 0 Å². The molecule has 2 N–H and O–H groups in total. The van der Waals surface area contributed by atoms with E-state index in [4.69, 9.17) is 0 Å². The molecule has 0 bridgehead atoms. The maximum Gasteiger partial charge on any atom is 0.255 e. The van der Waals surface area contributed by atoms with Crippen molar-refractivity contribution in [2.24, 2.45) is 0 Å². The van der Waals surface area contributed by atoms with Gasteiger partial charge in [-0.15, -0.1) is 0 Å². The molecule has 2 fully saturated rings. The third kappa shape index (κ3) is 3.59. The van der Waals surface area contributed by atoms with Gasteiger partial charge < -0.3 is 15.3 Å². The highest BCUT2D eigenvalue weighted by Gasteiger charge is 2.38. The molecule has 0 aromatic carbocycles. The van der Waals surface area contributed by atoms with Gasteiger partial charge in [0.15, 0.2) is 0 Å². The molecule has 1 atom stereocenters. The van der Waals surface area contributed by atoms with E-state index in [0.29, 0.717) is 30.9 Å². The van der Waals surface area contributed by atoms with Gasteiger partial charge in [-0.05, 0) is 44.7 Å². The number of likely N-dealkylation sites (tertiary alicyclic amines) is 1. The summed E-state index contributed by atoms with van der Waals surface area (Å²) in [6.45, 7) is 2.73. The fraction of sp³-hybridized carbons (Fsp3) is 0.611. The minimum atomic E-state index is -1.15.